The summed E-state index contributed by atoms with van der Waals surface area (Å²) in [4.78, 5) is 0. The van der Waals surface area contributed by atoms with Gasteiger partial charge in [0.05, 0.1) is 12.2 Å². The Morgan fingerprint density at radius 2 is 2.12 bits per heavy atom. The molecular formula is C11H15N5O. The molecule has 6 nitrogen and oxygen atoms in total. The minimum absolute atomic E-state index is 0.353. The molecule has 0 amide bonds. The molecule has 2 N–H and O–H groups in total. The molecule has 2 aromatic heterocycles. The van der Waals surface area contributed by atoms with Crippen LogP contribution in [0.25, 0.3) is 5.65 Å². The van der Waals surface area contributed by atoms with Crippen LogP contribution in [0.4, 0.5) is 0 Å². The smallest absolute Gasteiger partial charge is 0.177 e. The van der Waals surface area contributed by atoms with Gasteiger partial charge in [-0.05, 0) is 25.0 Å². The van der Waals surface area contributed by atoms with Crippen molar-refractivity contribution in [2.75, 3.05) is 13.2 Å². The Balaban J connectivity index is 1.99. The average molecular weight is 233 g/mol. The predicted octanol–water partition coefficient (Wildman–Crippen LogP) is 0.477. The highest BCUT2D eigenvalue weighted by Crippen LogP contribution is 2.25. The third kappa shape index (κ3) is 1.89. The van der Waals surface area contributed by atoms with E-state index in [0.717, 1.165) is 37.4 Å². The number of hydrogen-bond donors (Lipinski definition) is 1. The average Bonchev–Trinajstić information content (AvgIpc) is 2.81. The molecular weight excluding hydrogens is 218 g/mol. The predicted molar refractivity (Wildman–Crippen MR) is 61.5 cm³/mol. The maximum Gasteiger partial charge on any atom is 0.177 e. The van der Waals surface area contributed by atoms with Crippen molar-refractivity contribution in [2.24, 2.45) is 5.73 Å². The number of nitrogens with two attached hydrogens (primary N) is 1. The van der Waals surface area contributed by atoms with Gasteiger partial charge in [0, 0.05) is 19.1 Å². The lowest BCUT2D eigenvalue weighted by molar-refractivity contribution is 0.0842. The number of ether oxygens (including phenoxy) is 1. The van der Waals surface area contributed by atoms with E-state index in [1.807, 2.05) is 12.1 Å². The molecule has 2 aromatic rings. The van der Waals surface area contributed by atoms with Crippen molar-refractivity contribution in [3.8, 4) is 0 Å². The van der Waals surface area contributed by atoms with Crippen molar-refractivity contribution in [3.05, 3.63) is 23.7 Å². The molecule has 1 fully saturated rings. The molecule has 0 aromatic carbocycles. The first-order valence-electron chi connectivity index (χ1n) is 5.87. The molecule has 0 aliphatic carbocycles. The topological polar surface area (TPSA) is 78.3 Å². The van der Waals surface area contributed by atoms with E-state index in [4.69, 9.17) is 10.5 Å². The van der Waals surface area contributed by atoms with Gasteiger partial charge < -0.3 is 10.5 Å². The third-order valence-electron chi connectivity index (χ3n) is 3.17. The zero-order chi connectivity index (χ0) is 11.7. The number of hydrogen-bond acceptors (Lipinski definition) is 5. The zero-order valence-corrected chi connectivity index (χ0v) is 9.54. The van der Waals surface area contributed by atoms with E-state index in [-0.39, 0.29) is 0 Å². The summed E-state index contributed by atoms with van der Waals surface area (Å²) in [6.07, 6.45) is 2.05. The van der Waals surface area contributed by atoms with Crippen molar-refractivity contribution in [1.82, 2.24) is 19.8 Å². The summed E-state index contributed by atoms with van der Waals surface area (Å²) in [5, 5.41) is 12.6. The van der Waals surface area contributed by atoms with E-state index >= 15 is 0 Å². The van der Waals surface area contributed by atoms with Gasteiger partial charge in [0.2, 0.25) is 0 Å². The highest BCUT2D eigenvalue weighted by atomic mass is 16.5. The maximum absolute atomic E-state index is 5.61. The lowest BCUT2D eigenvalue weighted by Gasteiger charge is -2.21. The van der Waals surface area contributed by atoms with Crippen LogP contribution in [0.1, 0.15) is 30.3 Å². The molecule has 0 spiro atoms. The fourth-order valence-electron chi connectivity index (χ4n) is 2.19. The van der Waals surface area contributed by atoms with Gasteiger partial charge in [0.15, 0.2) is 11.5 Å². The molecule has 17 heavy (non-hydrogen) atoms. The van der Waals surface area contributed by atoms with Crippen LogP contribution in [0.15, 0.2) is 12.1 Å². The van der Waals surface area contributed by atoms with E-state index in [9.17, 15) is 0 Å². The first-order valence-corrected chi connectivity index (χ1v) is 5.87. The molecule has 3 heterocycles. The minimum atomic E-state index is 0.353. The highest BCUT2D eigenvalue weighted by molar-refractivity contribution is 5.36. The lowest BCUT2D eigenvalue weighted by atomic mass is 9.96. The minimum Gasteiger partial charge on any atom is -0.381 e. The molecule has 6 heteroatoms. The molecule has 0 atom stereocenters. The van der Waals surface area contributed by atoms with Crippen molar-refractivity contribution in [1.29, 1.82) is 0 Å². The van der Waals surface area contributed by atoms with Gasteiger partial charge >= 0.3 is 0 Å². The first-order chi connectivity index (χ1) is 8.38. The Labute approximate surface area is 98.8 Å². The second-order valence-electron chi connectivity index (χ2n) is 4.24. The maximum atomic E-state index is 5.61. The fraction of sp³-hybridized carbons (Fsp3) is 0.545. The van der Waals surface area contributed by atoms with Crippen molar-refractivity contribution in [3.63, 3.8) is 0 Å². The highest BCUT2D eigenvalue weighted by Gasteiger charge is 2.18. The van der Waals surface area contributed by atoms with Gasteiger partial charge in [-0.25, -0.2) is 0 Å². The molecule has 0 unspecified atom stereocenters. The summed E-state index contributed by atoms with van der Waals surface area (Å²) in [5.74, 6) is 1.18. The number of rotatable bonds is 2. The van der Waals surface area contributed by atoms with Crippen molar-refractivity contribution >= 4 is 5.65 Å². The van der Waals surface area contributed by atoms with Crippen molar-refractivity contribution in [2.45, 2.75) is 25.3 Å². The molecule has 1 aliphatic heterocycles. The summed E-state index contributed by atoms with van der Waals surface area (Å²) in [6, 6.07) is 3.98. The summed E-state index contributed by atoms with van der Waals surface area (Å²) in [6.45, 7) is 1.98. The summed E-state index contributed by atoms with van der Waals surface area (Å²) in [7, 11) is 0. The van der Waals surface area contributed by atoms with Crippen LogP contribution < -0.4 is 5.73 Å². The Morgan fingerprint density at radius 3 is 2.88 bits per heavy atom. The van der Waals surface area contributed by atoms with E-state index in [2.05, 4.69) is 15.3 Å². The van der Waals surface area contributed by atoms with Gasteiger partial charge in [0.25, 0.3) is 0 Å². The zero-order valence-electron chi connectivity index (χ0n) is 9.54. The molecule has 1 saturated heterocycles. The standard InChI is InChI=1S/C11H15N5O/c12-7-11-14-13-10-2-1-9(15-16(10)11)8-3-5-17-6-4-8/h1-2,8H,3-7,12H2. The van der Waals surface area contributed by atoms with Gasteiger partial charge in [-0.1, -0.05) is 0 Å². The normalized spacial score (nSPS) is 17.7. The monoisotopic (exact) mass is 233 g/mol. The van der Waals surface area contributed by atoms with Crippen LogP contribution >= 0.6 is 0 Å². The van der Waals surface area contributed by atoms with Crippen LogP contribution in [0.5, 0.6) is 0 Å². The van der Waals surface area contributed by atoms with E-state index < -0.39 is 0 Å². The largest absolute Gasteiger partial charge is 0.381 e. The van der Waals surface area contributed by atoms with Gasteiger partial charge in [-0.2, -0.15) is 9.61 Å². The Bertz CT molecular complexity index is 518. The molecule has 0 saturated carbocycles. The lowest BCUT2D eigenvalue weighted by Crippen LogP contribution is -2.16. The summed E-state index contributed by atoms with van der Waals surface area (Å²) in [5.41, 5.74) is 7.44. The summed E-state index contributed by atoms with van der Waals surface area (Å²) >= 11 is 0. The summed E-state index contributed by atoms with van der Waals surface area (Å²) < 4.78 is 7.10. The van der Waals surface area contributed by atoms with Crippen LogP contribution in [-0.4, -0.2) is 33.0 Å². The van der Waals surface area contributed by atoms with Gasteiger partial charge in [0.1, 0.15) is 0 Å². The van der Waals surface area contributed by atoms with E-state index in [0.29, 0.717) is 18.3 Å². The Morgan fingerprint density at radius 1 is 1.29 bits per heavy atom. The Kier molecular flexibility index (Phi) is 2.74. The van der Waals surface area contributed by atoms with Crippen LogP contribution in [0.2, 0.25) is 0 Å². The molecule has 0 radical (unpaired) electrons. The number of nitrogens with zero attached hydrogens (tertiary/aromatic N) is 4. The van der Waals surface area contributed by atoms with Gasteiger partial charge in [-0.3, -0.25) is 0 Å². The Hall–Kier alpha value is -1.53. The van der Waals surface area contributed by atoms with Crippen molar-refractivity contribution < 1.29 is 4.74 Å². The first kappa shape index (κ1) is 10.6. The second-order valence-corrected chi connectivity index (χ2v) is 4.24. The SMILES string of the molecule is NCc1nnc2ccc(C3CCOCC3)nn12. The van der Waals surface area contributed by atoms with E-state index in [1.165, 1.54) is 0 Å². The van der Waals surface area contributed by atoms with Crippen LogP contribution in [0, 0.1) is 0 Å². The van der Waals surface area contributed by atoms with Gasteiger partial charge in [-0.15, -0.1) is 10.2 Å². The number of fused-ring (bicyclic) bond motifs is 1. The second kappa shape index (κ2) is 4.38. The van der Waals surface area contributed by atoms with Crippen LogP contribution in [-0.2, 0) is 11.3 Å². The van der Waals surface area contributed by atoms with E-state index in [1.54, 1.807) is 4.52 Å². The molecule has 0 bridgehead atoms. The molecule has 1 aliphatic rings. The van der Waals surface area contributed by atoms with Crippen LogP contribution in [0.3, 0.4) is 0 Å². The fourth-order valence-corrected chi connectivity index (χ4v) is 2.19. The molecule has 90 valence electrons. The molecule has 3 rings (SSSR count). The quantitative estimate of drug-likeness (QED) is 0.816. The third-order valence-corrected chi connectivity index (χ3v) is 3.17. The number of aromatic nitrogens is 4.